The quantitative estimate of drug-likeness (QED) is 0.654. The van der Waals surface area contributed by atoms with Crippen LogP contribution in [0.25, 0.3) is 0 Å². The highest BCUT2D eigenvalue weighted by Crippen LogP contribution is 2.26. The van der Waals surface area contributed by atoms with Crippen LogP contribution in [0.15, 0.2) is 53.4 Å². The minimum atomic E-state index is -4.78. The minimum absolute atomic E-state index is 0.160. The first-order valence-electron chi connectivity index (χ1n) is 7.68. The van der Waals surface area contributed by atoms with Crippen LogP contribution >= 0.6 is 11.8 Å². The van der Waals surface area contributed by atoms with Gasteiger partial charge in [0.15, 0.2) is 6.10 Å². The average molecular weight is 386 g/mol. The van der Waals surface area contributed by atoms with E-state index >= 15 is 0 Å². The Morgan fingerprint density at radius 2 is 1.73 bits per heavy atom. The number of alkyl halides is 3. The van der Waals surface area contributed by atoms with Crippen molar-refractivity contribution in [1.29, 1.82) is 0 Å². The number of halogens is 3. The summed E-state index contributed by atoms with van der Waals surface area (Å²) in [6.45, 7) is 1.97. The molecule has 26 heavy (non-hydrogen) atoms. The second kappa shape index (κ2) is 8.84. The Balaban J connectivity index is 1.91. The van der Waals surface area contributed by atoms with Gasteiger partial charge in [-0.25, -0.2) is 4.79 Å². The Morgan fingerprint density at radius 3 is 2.31 bits per heavy atom. The van der Waals surface area contributed by atoms with Gasteiger partial charge in [0.05, 0.1) is 0 Å². The topological polar surface area (TPSA) is 55.8 Å². The van der Waals surface area contributed by atoms with Gasteiger partial charge in [0.1, 0.15) is 11.5 Å². The van der Waals surface area contributed by atoms with Crippen molar-refractivity contribution < 1.29 is 32.5 Å². The fraction of sp³-hybridized carbons (Fsp3) is 0.278. The molecule has 0 saturated carbocycles. The van der Waals surface area contributed by atoms with E-state index in [-0.39, 0.29) is 12.2 Å². The summed E-state index contributed by atoms with van der Waals surface area (Å²) in [5.74, 6) is -0.845. The number of hydrogen-bond acceptors (Lipinski definition) is 4. The van der Waals surface area contributed by atoms with Crippen LogP contribution in [0.5, 0.6) is 11.5 Å². The summed E-state index contributed by atoms with van der Waals surface area (Å²) in [4.78, 5) is 12.4. The zero-order valence-electron chi connectivity index (χ0n) is 13.8. The Kier molecular flexibility index (Phi) is 6.79. The molecule has 1 atom stereocenters. The molecule has 0 aliphatic carbocycles. The Labute approximate surface area is 152 Å². The molecule has 0 heterocycles. The minimum Gasteiger partial charge on any atom is -0.479 e. The third-order valence-electron chi connectivity index (χ3n) is 3.34. The lowest BCUT2D eigenvalue weighted by Crippen LogP contribution is -2.27. The normalized spacial score (nSPS) is 12.5. The molecule has 0 aliphatic rings. The van der Waals surface area contributed by atoms with E-state index in [1.54, 1.807) is 0 Å². The summed E-state index contributed by atoms with van der Waals surface area (Å²) < 4.78 is 45.5. The first-order chi connectivity index (χ1) is 12.2. The monoisotopic (exact) mass is 386 g/mol. The Bertz CT molecular complexity index is 732. The van der Waals surface area contributed by atoms with E-state index in [0.29, 0.717) is 5.75 Å². The van der Waals surface area contributed by atoms with Crippen molar-refractivity contribution in [2.24, 2.45) is 0 Å². The molecule has 0 spiro atoms. The molecule has 2 aromatic carbocycles. The smallest absolute Gasteiger partial charge is 0.479 e. The maximum atomic E-state index is 12.1. The van der Waals surface area contributed by atoms with Gasteiger partial charge in [-0.2, -0.15) is 0 Å². The molecule has 0 aromatic heterocycles. The predicted octanol–water partition coefficient (Wildman–Crippen LogP) is 4.91. The first-order valence-corrected chi connectivity index (χ1v) is 8.67. The number of thioether (sulfide) groups is 1. The van der Waals surface area contributed by atoms with E-state index in [1.807, 2.05) is 31.2 Å². The van der Waals surface area contributed by atoms with Crippen LogP contribution < -0.4 is 9.47 Å². The van der Waals surface area contributed by atoms with Gasteiger partial charge in [-0.15, -0.1) is 24.9 Å². The summed E-state index contributed by atoms with van der Waals surface area (Å²) in [5, 5.41) is 9.29. The van der Waals surface area contributed by atoms with Crippen LogP contribution in [0, 0.1) is 6.92 Å². The molecule has 0 fully saturated rings. The lowest BCUT2D eigenvalue weighted by Gasteiger charge is -2.16. The molecule has 0 radical (unpaired) electrons. The van der Waals surface area contributed by atoms with Crippen LogP contribution in [0.1, 0.15) is 12.0 Å². The highest BCUT2D eigenvalue weighted by Gasteiger charge is 2.31. The van der Waals surface area contributed by atoms with E-state index in [2.05, 4.69) is 4.74 Å². The number of benzene rings is 2. The molecule has 8 heteroatoms. The number of rotatable bonds is 8. The van der Waals surface area contributed by atoms with Crippen LogP contribution in [-0.4, -0.2) is 29.3 Å². The molecule has 1 N–H and O–H groups in total. The Hall–Kier alpha value is -2.35. The number of carboxylic acid groups (broad SMARTS) is 1. The summed E-state index contributed by atoms with van der Waals surface area (Å²) in [5.41, 5.74) is 1.10. The number of carbonyl (C=O) groups is 1. The number of aliphatic carboxylic acids is 1. The lowest BCUT2D eigenvalue weighted by atomic mass is 10.2. The van der Waals surface area contributed by atoms with Crippen LogP contribution in [-0.2, 0) is 4.79 Å². The van der Waals surface area contributed by atoms with Gasteiger partial charge in [0.25, 0.3) is 0 Å². The second-order valence-corrected chi connectivity index (χ2v) is 6.50. The van der Waals surface area contributed by atoms with E-state index in [4.69, 9.17) is 4.74 Å². The first kappa shape index (κ1) is 20.0. The van der Waals surface area contributed by atoms with Crippen molar-refractivity contribution in [1.82, 2.24) is 0 Å². The molecule has 0 amide bonds. The molecule has 2 rings (SSSR count). The van der Waals surface area contributed by atoms with Gasteiger partial charge in [-0.05, 0) is 42.8 Å². The second-order valence-electron chi connectivity index (χ2n) is 5.37. The summed E-state index contributed by atoms with van der Waals surface area (Å²) in [6.07, 6.45) is -5.63. The zero-order chi connectivity index (χ0) is 19.2. The van der Waals surface area contributed by atoms with Gasteiger partial charge in [0.2, 0.25) is 0 Å². The molecule has 4 nitrogen and oxygen atoms in total. The third kappa shape index (κ3) is 6.51. The standard InChI is InChI=1S/C18H17F3O4S/c1-12-4-2-3-5-16(12)26-11-10-15(17(22)23)24-13-6-8-14(9-7-13)25-18(19,20)21/h2-9,15H,10-11H2,1H3,(H,22,23). The average Bonchev–Trinajstić information content (AvgIpc) is 2.55. The van der Waals surface area contributed by atoms with Gasteiger partial charge >= 0.3 is 12.3 Å². The highest BCUT2D eigenvalue weighted by atomic mass is 32.2. The van der Waals surface area contributed by atoms with Gasteiger partial charge < -0.3 is 14.6 Å². The lowest BCUT2D eigenvalue weighted by molar-refractivity contribution is -0.274. The van der Waals surface area contributed by atoms with Crippen molar-refractivity contribution in [3.05, 3.63) is 54.1 Å². The summed E-state index contributed by atoms with van der Waals surface area (Å²) in [7, 11) is 0. The highest BCUT2D eigenvalue weighted by molar-refractivity contribution is 7.99. The predicted molar refractivity (Wildman–Crippen MR) is 91.7 cm³/mol. The zero-order valence-corrected chi connectivity index (χ0v) is 14.6. The van der Waals surface area contributed by atoms with Crippen molar-refractivity contribution in [3.63, 3.8) is 0 Å². The Morgan fingerprint density at radius 1 is 1.12 bits per heavy atom. The molecule has 140 valence electrons. The van der Waals surface area contributed by atoms with E-state index in [9.17, 15) is 23.1 Å². The molecule has 0 saturated heterocycles. The molecule has 2 aromatic rings. The van der Waals surface area contributed by atoms with Crippen molar-refractivity contribution in [2.75, 3.05) is 5.75 Å². The summed E-state index contributed by atoms with van der Waals surface area (Å²) >= 11 is 1.52. The van der Waals surface area contributed by atoms with Crippen molar-refractivity contribution in [3.8, 4) is 11.5 Å². The molecule has 1 unspecified atom stereocenters. The largest absolute Gasteiger partial charge is 0.573 e. The van der Waals surface area contributed by atoms with Crippen LogP contribution in [0.4, 0.5) is 13.2 Å². The number of aryl methyl sites for hydroxylation is 1. The number of hydrogen-bond donors (Lipinski definition) is 1. The van der Waals surface area contributed by atoms with E-state index < -0.39 is 24.2 Å². The van der Waals surface area contributed by atoms with E-state index in [0.717, 1.165) is 22.6 Å². The van der Waals surface area contributed by atoms with Crippen LogP contribution in [0.2, 0.25) is 0 Å². The maximum absolute atomic E-state index is 12.1. The number of ether oxygens (including phenoxy) is 2. The maximum Gasteiger partial charge on any atom is 0.573 e. The molecule has 0 aliphatic heterocycles. The van der Waals surface area contributed by atoms with Gasteiger partial charge in [-0.3, -0.25) is 0 Å². The van der Waals surface area contributed by atoms with Gasteiger partial charge in [-0.1, -0.05) is 18.2 Å². The molecule has 0 bridgehead atoms. The third-order valence-corrected chi connectivity index (χ3v) is 4.55. The van der Waals surface area contributed by atoms with Crippen LogP contribution in [0.3, 0.4) is 0 Å². The number of carboxylic acids is 1. The van der Waals surface area contributed by atoms with Gasteiger partial charge in [0, 0.05) is 17.1 Å². The fourth-order valence-corrected chi connectivity index (χ4v) is 3.13. The van der Waals surface area contributed by atoms with Crippen molar-refractivity contribution in [2.45, 2.75) is 30.7 Å². The molecular weight excluding hydrogens is 369 g/mol. The fourth-order valence-electron chi connectivity index (χ4n) is 2.11. The van der Waals surface area contributed by atoms with Crippen molar-refractivity contribution >= 4 is 17.7 Å². The SMILES string of the molecule is Cc1ccccc1SCCC(Oc1ccc(OC(F)(F)F)cc1)C(=O)O. The summed E-state index contributed by atoms with van der Waals surface area (Å²) in [6, 6.07) is 12.4. The molecular formula is C18H17F3O4S. The van der Waals surface area contributed by atoms with E-state index in [1.165, 1.54) is 23.9 Å².